The molecule has 1 saturated carbocycles. The van der Waals surface area contributed by atoms with E-state index in [-0.39, 0.29) is 0 Å². The van der Waals surface area contributed by atoms with E-state index >= 15 is 0 Å². The van der Waals surface area contributed by atoms with Gasteiger partial charge in [-0.3, -0.25) is 0 Å². The second-order valence-corrected chi connectivity index (χ2v) is 6.25. The molecule has 0 radical (unpaired) electrons. The van der Waals surface area contributed by atoms with Crippen LogP contribution in [0.4, 0.5) is 5.00 Å². The van der Waals surface area contributed by atoms with E-state index in [0.29, 0.717) is 5.92 Å². The second-order valence-electron chi connectivity index (χ2n) is 4.75. The Morgan fingerprint density at radius 3 is 2.50 bits per heavy atom. The Hall–Kier alpha value is -1.06. The molecule has 1 aromatic carbocycles. The molecule has 3 rings (SSSR count). The molecule has 1 aliphatic carbocycles. The van der Waals surface area contributed by atoms with E-state index in [1.54, 1.807) is 11.3 Å². The minimum absolute atomic E-state index is 0.623. The molecule has 0 amide bonds. The third-order valence-corrected chi connectivity index (χ3v) is 4.79. The zero-order valence-electron chi connectivity index (χ0n) is 10.0. The number of hydrogen-bond donors (Lipinski definition) is 1. The van der Waals surface area contributed by atoms with Crippen molar-refractivity contribution in [3.63, 3.8) is 0 Å². The third kappa shape index (κ3) is 2.25. The first-order chi connectivity index (χ1) is 8.74. The van der Waals surface area contributed by atoms with Crippen LogP contribution in [0.15, 0.2) is 24.3 Å². The van der Waals surface area contributed by atoms with Crippen molar-refractivity contribution in [2.45, 2.75) is 31.6 Å². The van der Waals surface area contributed by atoms with E-state index < -0.39 is 0 Å². The van der Waals surface area contributed by atoms with Gasteiger partial charge in [0.1, 0.15) is 10.7 Å². The first kappa shape index (κ1) is 12.0. The van der Waals surface area contributed by atoms with Gasteiger partial charge in [-0.1, -0.05) is 36.6 Å². The molecule has 2 nitrogen and oxygen atoms in total. The Morgan fingerprint density at radius 1 is 1.17 bits per heavy atom. The summed E-state index contributed by atoms with van der Waals surface area (Å²) in [5, 5.41) is 2.76. The van der Waals surface area contributed by atoms with Crippen LogP contribution in [-0.2, 0) is 0 Å². The number of nitrogen functional groups attached to an aromatic ring is 1. The average molecular weight is 279 g/mol. The second kappa shape index (κ2) is 4.90. The topological polar surface area (TPSA) is 38.9 Å². The molecule has 1 fully saturated rings. The first-order valence-electron chi connectivity index (χ1n) is 6.26. The first-order valence-corrected chi connectivity index (χ1v) is 7.45. The van der Waals surface area contributed by atoms with E-state index in [2.05, 4.69) is 0 Å². The van der Waals surface area contributed by atoms with E-state index in [1.165, 1.54) is 30.7 Å². The van der Waals surface area contributed by atoms with E-state index in [1.807, 2.05) is 24.3 Å². The maximum atomic E-state index is 6.10. The van der Waals surface area contributed by atoms with Crippen molar-refractivity contribution < 1.29 is 0 Å². The van der Waals surface area contributed by atoms with E-state index in [0.717, 1.165) is 21.3 Å². The van der Waals surface area contributed by atoms with Crippen LogP contribution in [0.5, 0.6) is 0 Å². The zero-order valence-corrected chi connectivity index (χ0v) is 11.6. The van der Waals surface area contributed by atoms with E-state index in [9.17, 15) is 0 Å². The van der Waals surface area contributed by atoms with Gasteiger partial charge in [0.05, 0.1) is 5.01 Å². The molecule has 0 saturated heterocycles. The smallest absolute Gasteiger partial charge is 0.114 e. The van der Waals surface area contributed by atoms with Crippen molar-refractivity contribution in [1.29, 1.82) is 0 Å². The van der Waals surface area contributed by atoms with Crippen molar-refractivity contribution in [1.82, 2.24) is 4.98 Å². The fourth-order valence-corrected chi connectivity index (χ4v) is 3.66. The standard InChI is InChI=1S/C14H15ClN2S/c15-11-7-5-9(6-8-11)12-13(16)18-14(17-12)10-3-1-2-4-10/h5-8,10H,1-4,16H2. The van der Waals surface area contributed by atoms with Gasteiger partial charge in [0.15, 0.2) is 0 Å². The zero-order chi connectivity index (χ0) is 12.5. The van der Waals surface area contributed by atoms with Gasteiger partial charge in [0, 0.05) is 16.5 Å². The summed E-state index contributed by atoms with van der Waals surface area (Å²) in [6.07, 6.45) is 5.15. The molecule has 1 aliphatic rings. The van der Waals surface area contributed by atoms with Gasteiger partial charge in [-0.15, -0.1) is 11.3 Å². The molecular formula is C14H15ClN2S. The fourth-order valence-electron chi connectivity index (χ4n) is 2.51. The van der Waals surface area contributed by atoms with Crippen LogP contribution in [0.1, 0.15) is 36.6 Å². The van der Waals surface area contributed by atoms with Gasteiger partial charge in [0.2, 0.25) is 0 Å². The Morgan fingerprint density at radius 2 is 1.83 bits per heavy atom. The quantitative estimate of drug-likeness (QED) is 0.864. The van der Waals surface area contributed by atoms with Crippen molar-refractivity contribution in [2.24, 2.45) is 0 Å². The number of benzene rings is 1. The minimum Gasteiger partial charge on any atom is -0.389 e. The summed E-state index contributed by atoms with van der Waals surface area (Å²) in [7, 11) is 0. The molecule has 2 aromatic rings. The highest BCUT2D eigenvalue weighted by molar-refractivity contribution is 7.16. The van der Waals surface area contributed by atoms with Crippen LogP contribution in [0.3, 0.4) is 0 Å². The molecule has 0 spiro atoms. The number of aromatic nitrogens is 1. The van der Waals surface area contributed by atoms with Crippen molar-refractivity contribution >= 4 is 27.9 Å². The van der Waals surface area contributed by atoms with Crippen LogP contribution in [0.2, 0.25) is 5.02 Å². The van der Waals surface area contributed by atoms with Gasteiger partial charge in [-0.2, -0.15) is 0 Å². The van der Waals surface area contributed by atoms with Gasteiger partial charge < -0.3 is 5.73 Å². The van der Waals surface area contributed by atoms with Crippen LogP contribution < -0.4 is 5.73 Å². The molecule has 2 N–H and O–H groups in total. The summed E-state index contributed by atoms with van der Waals surface area (Å²) in [4.78, 5) is 4.74. The Bertz CT molecular complexity index is 541. The molecule has 4 heteroatoms. The van der Waals surface area contributed by atoms with Crippen LogP contribution in [-0.4, -0.2) is 4.98 Å². The monoisotopic (exact) mass is 278 g/mol. The van der Waals surface area contributed by atoms with Gasteiger partial charge in [0.25, 0.3) is 0 Å². The van der Waals surface area contributed by atoms with Gasteiger partial charge >= 0.3 is 0 Å². The van der Waals surface area contributed by atoms with Crippen molar-refractivity contribution in [3.05, 3.63) is 34.3 Å². The van der Waals surface area contributed by atoms with Gasteiger partial charge in [-0.05, 0) is 25.0 Å². The van der Waals surface area contributed by atoms with E-state index in [4.69, 9.17) is 22.3 Å². The molecular weight excluding hydrogens is 264 g/mol. The summed E-state index contributed by atoms with van der Waals surface area (Å²) in [5.74, 6) is 0.623. The molecule has 0 aliphatic heterocycles. The Balaban J connectivity index is 1.94. The number of hydrogen-bond acceptors (Lipinski definition) is 3. The van der Waals surface area contributed by atoms with Crippen LogP contribution >= 0.6 is 22.9 Å². The highest BCUT2D eigenvalue weighted by atomic mass is 35.5. The highest BCUT2D eigenvalue weighted by Gasteiger charge is 2.22. The maximum Gasteiger partial charge on any atom is 0.114 e. The summed E-state index contributed by atoms with van der Waals surface area (Å²) in [6, 6.07) is 7.72. The lowest BCUT2D eigenvalue weighted by Crippen LogP contribution is -1.90. The predicted octanol–water partition coefficient (Wildman–Crippen LogP) is 4.70. The molecule has 0 unspecified atom stereocenters. The number of anilines is 1. The fraction of sp³-hybridized carbons (Fsp3) is 0.357. The summed E-state index contributed by atoms with van der Waals surface area (Å²) < 4.78 is 0. The molecule has 0 bridgehead atoms. The number of nitrogens with zero attached hydrogens (tertiary/aromatic N) is 1. The average Bonchev–Trinajstić information content (AvgIpc) is 2.99. The third-order valence-electron chi connectivity index (χ3n) is 3.49. The lowest BCUT2D eigenvalue weighted by molar-refractivity contribution is 0.717. The molecule has 0 atom stereocenters. The largest absolute Gasteiger partial charge is 0.389 e. The SMILES string of the molecule is Nc1sc(C2CCCC2)nc1-c1ccc(Cl)cc1. The minimum atomic E-state index is 0.623. The van der Waals surface area contributed by atoms with Crippen LogP contribution in [0.25, 0.3) is 11.3 Å². The molecule has 1 aromatic heterocycles. The molecule has 94 valence electrons. The predicted molar refractivity (Wildman–Crippen MR) is 78.2 cm³/mol. The summed E-state index contributed by atoms with van der Waals surface area (Å²) >= 11 is 7.54. The molecule has 18 heavy (non-hydrogen) atoms. The lowest BCUT2D eigenvalue weighted by atomic mass is 10.1. The van der Waals surface area contributed by atoms with Gasteiger partial charge in [-0.25, -0.2) is 4.98 Å². The maximum absolute atomic E-state index is 6.10. The Kier molecular flexibility index (Phi) is 3.27. The summed E-state index contributed by atoms with van der Waals surface area (Å²) in [6.45, 7) is 0. The summed E-state index contributed by atoms with van der Waals surface area (Å²) in [5.41, 5.74) is 8.07. The lowest BCUT2D eigenvalue weighted by Gasteiger charge is -2.02. The number of thiazole rings is 1. The number of halogens is 1. The number of rotatable bonds is 2. The molecule has 1 heterocycles. The Labute approximate surface area is 116 Å². The highest BCUT2D eigenvalue weighted by Crippen LogP contribution is 2.40. The van der Waals surface area contributed by atoms with Crippen molar-refractivity contribution in [3.8, 4) is 11.3 Å². The number of nitrogens with two attached hydrogens (primary N) is 1. The normalized spacial score (nSPS) is 16.3. The van der Waals surface area contributed by atoms with Crippen LogP contribution in [0, 0.1) is 0 Å². The van der Waals surface area contributed by atoms with Crippen molar-refractivity contribution in [2.75, 3.05) is 5.73 Å².